The van der Waals surface area contributed by atoms with Crippen LogP contribution in [0.3, 0.4) is 0 Å². The van der Waals surface area contributed by atoms with Crippen molar-refractivity contribution in [1.82, 2.24) is 10.4 Å². The van der Waals surface area contributed by atoms with Gasteiger partial charge >= 0.3 is 0 Å². The van der Waals surface area contributed by atoms with E-state index in [1.165, 1.54) is 16.9 Å². The first-order valence-electron chi connectivity index (χ1n) is 13.4. The van der Waals surface area contributed by atoms with Crippen molar-refractivity contribution in [2.45, 2.75) is 20.5 Å². The number of hydrogen-bond donors (Lipinski definition) is 2. The molecule has 1 heterocycles. The maximum atomic E-state index is 12.7. The summed E-state index contributed by atoms with van der Waals surface area (Å²) in [6.07, 6.45) is 1.55. The van der Waals surface area contributed by atoms with E-state index in [0.29, 0.717) is 39.8 Å². The van der Waals surface area contributed by atoms with Crippen LogP contribution in [0.25, 0.3) is 11.3 Å². The van der Waals surface area contributed by atoms with Gasteiger partial charge in [-0.1, -0.05) is 53.6 Å². The monoisotopic (exact) mass is 674 g/mol. The van der Waals surface area contributed by atoms with Crippen LogP contribution in [0.1, 0.15) is 34.0 Å². The number of rotatable bonds is 11. The molecule has 5 rings (SSSR count). The van der Waals surface area contributed by atoms with Gasteiger partial charge in [-0.05, 0) is 89.4 Å². The Kier molecular flexibility index (Phi) is 10.1. The smallest absolute Gasteiger partial charge is 0.271 e. The number of aromatic nitrogens is 1. The molecule has 10 heteroatoms. The molecule has 218 valence electrons. The fourth-order valence-electron chi connectivity index (χ4n) is 4.09. The number of hydrogen-bond acceptors (Lipinski definition) is 7. The number of carbonyl (C=O) groups is 1. The minimum absolute atomic E-state index is 0.326. The molecule has 0 spiro atoms. The maximum absolute atomic E-state index is 12.7. The van der Waals surface area contributed by atoms with Gasteiger partial charge in [-0.15, -0.1) is 11.3 Å². The Morgan fingerprint density at radius 3 is 2.58 bits per heavy atom. The maximum Gasteiger partial charge on any atom is 0.271 e. The summed E-state index contributed by atoms with van der Waals surface area (Å²) in [6.45, 7) is 4.74. The normalized spacial score (nSPS) is 11.0. The number of nitrogens with one attached hydrogen (secondary N) is 2. The zero-order chi connectivity index (χ0) is 30.2. The molecule has 4 aromatic carbocycles. The minimum Gasteiger partial charge on any atom is -0.490 e. The number of benzene rings is 4. The van der Waals surface area contributed by atoms with Crippen LogP contribution in [0.2, 0.25) is 5.02 Å². The van der Waals surface area contributed by atoms with E-state index in [1.54, 1.807) is 18.3 Å². The number of thiazole rings is 1. The second kappa shape index (κ2) is 14.3. The highest BCUT2D eigenvalue weighted by Crippen LogP contribution is 2.37. The van der Waals surface area contributed by atoms with Crippen molar-refractivity contribution in [2.75, 3.05) is 11.9 Å². The molecular weight excluding hydrogens is 648 g/mol. The molecule has 5 aromatic rings. The van der Waals surface area contributed by atoms with Gasteiger partial charge in [0.15, 0.2) is 16.6 Å². The van der Waals surface area contributed by atoms with Crippen molar-refractivity contribution in [1.29, 1.82) is 0 Å². The van der Waals surface area contributed by atoms with E-state index < -0.39 is 0 Å². The van der Waals surface area contributed by atoms with Crippen LogP contribution in [0.5, 0.6) is 11.5 Å². The summed E-state index contributed by atoms with van der Waals surface area (Å²) >= 11 is 11.2. The second-order valence-corrected chi connectivity index (χ2v) is 11.6. The number of amides is 1. The molecule has 0 unspecified atom stereocenters. The van der Waals surface area contributed by atoms with Gasteiger partial charge in [-0.2, -0.15) is 5.10 Å². The van der Waals surface area contributed by atoms with Crippen molar-refractivity contribution >= 4 is 61.8 Å². The average molecular weight is 676 g/mol. The molecule has 0 aliphatic carbocycles. The molecule has 1 aromatic heterocycles. The summed E-state index contributed by atoms with van der Waals surface area (Å²) in [4.78, 5) is 17.4. The number of halogens is 2. The third kappa shape index (κ3) is 8.22. The number of nitrogens with zero attached hydrogens (tertiary/aromatic N) is 2. The van der Waals surface area contributed by atoms with Crippen molar-refractivity contribution in [3.05, 3.63) is 122 Å². The molecule has 0 bridgehead atoms. The van der Waals surface area contributed by atoms with Crippen LogP contribution in [0.15, 0.2) is 99.9 Å². The summed E-state index contributed by atoms with van der Waals surface area (Å²) in [5.41, 5.74) is 8.67. The number of ether oxygens (including phenoxy) is 2. The minimum atomic E-state index is -0.326. The van der Waals surface area contributed by atoms with E-state index in [2.05, 4.69) is 55.8 Å². The molecule has 0 saturated carbocycles. The lowest BCUT2D eigenvalue weighted by Crippen LogP contribution is -2.17. The molecule has 1 amide bonds. The lowest BCUT2D eigenvalue weighted by Gasteiger charge is -2.15. The Bertz CT molecular complexity index is 1740. The Labute approximate surface area is 267 Å². The lowest BCUT2D eigenvalue weighted by molar-refractivity contribution is 0.0955. The predicted octanol–water partition coefficient (Wildman–Crippen LogP) is 9.02. The fourth-order valence-corrected chi connectivity index (χ4v) is 5.62. The van der Waals surface area contributed by atoms with Crippen LogP contribution in [0, 0.1) is 6.92 Å². The Morgan fingerprint density at radius 1 is 1.05 bits per heavy atom. The first-order chi connectivity index (χ1) is 20.9. The zero-order valence-electron chi connectivity index (χ0n) is 23.4. The van der Waals surface area contributed by atoms with Crippen molar-refractivity contribution < 1.29 is 14.3 Å². The third-order valence-corrected chi connectivity index (χ3v) is 7.82. The molecule has 0 fully saturated rings. The van der Waals surface area contributed by atoms with Gasteiger partial charge in [0, 0.05) is 27.2 Å². The fraction of sp³-hybridized carbons (Fsp3) is 0.121. The topological polar surface area (TPSA) is 84.8 Å². The molecule has 0 saturated heterocycles. The zero-order valence-corrected chi connectivity index (χ0v) is 26.6. The summed E-state index contributed by atoms with van der Waals surface area (Å²) in [6, 6.07) is 26.5. The molecular formula is C33H28BrClN4O3S. The molecule has 0 aliphatic rings. The number of hydrazone groups is 1. The third-order valence-electron chi connectivity index (χ3n) is 6.23. The highest BCUT2D eigenvalue weighted by atomic mass is 79.9. The summed E-state index contributed by atoms with van der Waals surface area (Å²) in [7, 11) is 0. The van der Waals surface area contributed by atoms with E-state index in [9.17, 15) is 4.79 Å². The second-order valence-electron chi connectivity index (χ2n) is 9.49. The largest absolute Gasteiger partial charge is 0.490 e. The number of carbonyl (C=O) groups excluding carboxylic acids is 1. The van der Waals surface area contributed by atoms with Gasteiger partial charge in [0.1, 0.15) is 6.61 Å². The highest BCUT2D eigenvalue weighted by molar-refractivity contribution is 9.10. The van der Waals surface area contributed by atoms with Crippen molar-refractivity contribution in [2.24, 2.45) is 5.10 Å². The van der Waals surface area contributed by atoms with Crippen LogP contribution < -0.4 is 20.2 Å². The standard InChI is InChI=1S/C33H28BrClN4O3S/c1-3-41-30-17-23(16-28(34)31(30)42-19-22-5-4-6-26(35)15-22)18-36-39-32(40)25-11-9-24(10-12-25)29-20-43-33(38-29)37-27-13-7-21(2)8-14-27/h4-18,20H,3,19H2,1-2H3,(H,37,38)(H,39,40)/b36-18-. The van der Waals surface area contributed by atoms with E-state index in [1.807, 2.05) is 73.0 Å². The van der Waals surface area contributed by atoms with Gasteiger partial charge < -0.3 is 14.8 Å². The highest BCUT2D eigenvalue weighted by Gasteiger charge is 2.13. The molecule has 7 nitrogen and oxygen atoms in total. The SMILES string of the molecule is CCOc1cc(/C=N\NC(=O)c2ccc(-c3csc(Nc4ccc(C)cc4)n3)cc2)cc(Br)c1OCc1cccc(Cl)c1. The summed E-state index contributed by atoms with van der Waals surface area (Å²) in [5.74, 6) is 0.802. The summed E-state index contributed by atoms with van der Waals surface area (Å²) < 4.78 is 12.5. The van der Waals surface area contributed by atoms with Gasteiger partial charge in [0.05, 0.1) is 23.0 Å². The molecule has 43 heavy (non-hydrogen) atoms. The van der Waals surface area contributed by atoms with Crippen molar-refractivity contribution in [3.8, 4) is 22.8 Å². The van der Waals surface area contributed by atoms with Crippen molar-refractivity contribution in [3.63, 3.8) is 0 Å². The molecule has 0 radical (unpaired) electrons. The van der Waals surface area contributed by atoms with E-state index in [-0.39, 0.29) is 5.91 Å². The lowest BCUT2D eigenvalue weighted by atomic mass is 10.1. The predicted molar refractivity (Wildman–Crippen MR) is 178 cm³/mol. The number of aryl methyl sites for hydroxylation is 1. The Morgan fingerprint density at radius 2 is 1.84 bits per heavy atom. The van der Waals surface area contributed by atoms with E-state index in [4.69, 9.17) is 21.1 Å². The first-order valence-corrected chi connectivity index (χ1v) is 15.5. The van der Waals surface area contributed by atoms with E-state index in [0.717, 1.165) is 33.2 Å². The quantitative estimate of drug-likeness (QED) is 0.108. The van der Waals surface area contributed by atoms with Gasteiger partial charge in [0.2, 0.25) is 0 Å². The average Bonchev–Trinajstić information content (AvgIpc) is 3.47. The van der Waals surface area contributed by atoms with Crippen LogP contribution in [-0.4, -0.2) is 23.7 Å². The Balaban J connectivity index is 1.20. The summed E-state index contributed by atoms with van der Waals surface area (Å²) in [5, 5.41) is 10.9. The van der Waals surface area contributed by atoms with Crippen LogP contribution in [-0.2, 0) is 6.61 Å². The van der Waals surface area contributed by atoms with Gasteiger partial charge in [0.25, 0.3) is 5.91 Å². The molecule has 2 N–H and O–H groups in total. The molecule has 0 aliphatic heterocycles. The molecule has 0 atom stereocenters. The first kappa shape index (κ1) is 30.3. The Hall–Kier alpha value is -4.18. The van der Waals surface area contributed by atoms with E-state index >= 15 is 0 Å². The van der Waals surface area contributed by atoms with Crippen LogP contribution >= 0.6 is 38.9 Å². The van der Waals surface area contributed by atoms with Gasteiger partial charge in [-0.25, -0.2) is 10.4 Å². The van der Waals surface area contributed by atoms with Gasteiger partial charge in [-0.3, -0.25) is 4.79 Å². The number of anilines is 2. The van der Waals surface area contributed by atoms with Crippen LogP contribution in [0.4, 0.5) is 10.8 Å².